The highest BCUT2D eigenvalue weighted by Gasteiger charge is 2.28. The van der Waals surface area contributed by atoms with Gasteiger partial charge in [0.25, 0.3) is 0 Å². The maximum Gasteiger partial charge on any atom is 0.0771 e. The van der Waals surface area contributed by atoms with Crippen molar-refractivity contribution in [2.75, 3.05) is 13.1 Å². The quantitative estimate of drug-likeness (QED) is 0.523. The van der Waals surface area contributed by atoms with Crippen molar-refractivity contribution in [3.8, 4) is 0 Å². The third-order valence-corrected chi connectivity index (χ3v) is 2.97. The van der Waals surface area contributed by atoms with E-state index < -0.39 is 5.60 Å². The van der Waals surface area contributed by atoms with Crippen LogP contribution >= 0.6 is 0 Å². The average Bonchev–Trinajstić information content (AvgIpc) is 2.14. The molecule has 1 saturated carbocycles. The summed E-state index contributed by atoms with van der Waals surface area (Å²) >= 11 is 0. The summed E-state index contributed by atoms with van der Waals surface area (Å²) in [5.41, 5.74) is 0.779. The maximum absolute atomic E-state index is 10.2. The SMILES string of the molecule is C=C(C)CCNCC1(O)CCCCC1. The van der Waals surface area contributed by atoms with Crippen molar-refractivity contribution >= 4 is 0 Å². The number of hydrogen-bond acceptors (Lipinski definition) is 2. The zero-order valence-electron chi connectivity index (χ0n) is 9.31. The van der Waals surface area contributed by atoms with Gasteiger partial charge < -0.3 is 10.4 Å². The van der Waals surface area contributed by atoms with E-state index in [9.17, 15) is 5.11 Å². The molecule has 0 heterocycles. The van der Waals surface area contributed by atoms with Gasteiger partial charge in [0.1, 0.15) is 0 Å². The molecule has 2 heteroatoms. The first kappa shape index (κ1) is 11.7. The highest BCUT2D eigenvalue weighted by molar-refractivity contribution is 4.89. The van der Waals surface area contributed by atoms with Crippen LogP contribution in [0, 0.1) is 0 Å². The Labute approximate surface area is 87.4 Å². The van der Waals surface area contributed by atoms with Crippen molar-refractivity contribution in [1.29, 1.82) is 0 Å². The lowest BCUT2D eigenvalue weighted by atomic mass is 9.85. The van der Waals surface area contributed by atoms with Crippen LogP contribution in [0.15, 0.2) is 12.2 Å². The van der Waals surface area contributed by atoms with Gasteiger partial charge in [0.15, 0.2) is 0 Å². The van der Waals surface area contributed by atoms with Crippen LogP contribution in [0.25, 0.3) is 0 Å². The molecule has 2 nitrogen and oxygen atoms in total. The van der Waals surface area contributed by atoms with Crippen molar-refractivity contribution in [3.63, 3.8) is 0 Å². The lowest BCUT2D eigenvalue weighted by molar-refractivity contribution is 0.00517. The third-order valence-electron chi connectivity index (χ3n) is 2.97. The number of aliphatic hydroxyl groups is 1. The van der Waals surface area contributed by atoms with Crippen LogP contribution in [0.4, 0.5) is 0 Å². The first-order chi connectivity index (χ1) is 6.62. The molecule has 0 unspecified atom stereocenters. The van der Waals surface area contributed by atoms with Gasteiger partial charge in [0, 0.05) is 6.54 Å². The second-order valence-electron chi connectivity index (χ2n) is 4.67. The van der Waals surface area contributed by atoms with E-state index in [0.717, 1.165) is 32.4 Å². The largest absolute Gasteiger partial charge is 0.389 e. The van der Waals surface area contributed by atoms with Gasteiger partial charge in [-0.1, -0.05) is 24.8 Å². The number of nitrogens with one attached hydrogen (secondary N) is 1. The van der Waals surface area contributed by atoms with Gasteiger partial charge >= 0.3 is 0 Å². The second kappa shape index (κ2) is 5.52. The van der Waals surface area contributed by atoms with Gasteiger partial charge in [-0.15, -0.1) is 6.58 Å². The van der Waals surface area contributed by atoms with Crippen molar-refractivity contribution in [2.45, 2.75) is 51.0 Å². The molecule has 0 aliphatic heterocycles. The molecular formula is C12H23NO. The van der Waals surface area contributed by atoms with E-state index in [-0.39, 0.29) is 0 Å². The van der Waals surface area contributed by atoms with Crippen molar-refractivity contribution < 1.29 is 5.11 Å². The summed E-state index contributed by atoms with van der Waals surface area (Å²) < 4.78 is 0. The molecule has 1 aliphatic rings. The average molecular weight is 197 g/mol. The molecule has 0 saturated heterocycles. The van der Waals surface area contributed by atoms with Gasteiger partial charge in [-0.2, -0.15) is 0 Å². The lowest BCUT2D eigenvalue weighted by Crippen LogP contribution is -2.42. The Morgan fingerprint density at radius 2 is 2.00 bits per heavy atom. The monoisotopic (exact) mass is 197 g/mol. The molecule has 82 valence electrons. The Kier molecular flexibility index (Phi) is 4.63. The predicted octanol–water partition coefficient (Wildman–Crippen LogP) is 2.24. The van der Waals surface area contributed by atoms with Crippen molar-refractivity contribution in [1.82, 2.24) is 5.32 Å². The van der Waals surface area contributed by atoms with Crippen LogP contribution < -0.4 is 5.32 Å². The number of rotatable bonds is 5. The predicted molar refractivity (Wildman–Crippen MR) is 60.3 cm³/mol. The van der Waals surface area contributed by atoms with Crippen LogP contribution in [0.2, 0.25) is 0 Å². The van der Waals surface area contributed by atoms with Gasteiger partial charge in [-0.25, -0.2) is 0 Å². The highest BCUT2D eigenvalue weighted by Crippen LogP contribution is 2.27. The smallest absolute Gasteiger partial charge is 0.0771 e. The van der Waals surface area contributed by atoms with E-state index in [1.165, 1.54) is 24.8 Å². The molecule has 0 atom stereocenters. The molecule has 0 aromatic heterocycles. The Hall–Kier alpha value is -0.340. The van der Waals surface area contributed by atoms with E-state index in [1.807, 2.05) is 6.92 Å². The van der Waals surface area contributed by atoms with Gasteiger partial charge in [-0.05, 0) is 32.7 Å². The van der Waals surface area contributed by atoms with Crippen LogP contribution in [0.5, 0.6) is 0 Å². The fraction of sp³-hybridized carbons (Fsp3) is 0.833. The molecule has 2 N–H and O–H groups in total. The zero-order chi connectivity index (χ0) is 10.4. The Morgan fingerprint density at radius 3 is 2.57 bits per heavy atom. The van der Waals surface area contributed by atoms with E-state index in [1.54, 1.807) is 0 Å². The molecule has 1 rings (SSSR count). The number of hydrogen-bond donors (Lipinski definition) is 2. The molecule has 0 radical (unpaired) electrons. The van der Waals surface area contributed by atoms with Crippen molar-refractivity contribution in [3.05, 3.63) is 12.2 Å². The third kappa shape index (κ3) is 4.25. The van der Waals surface area contributed by atoms with Crippen LogP contribution in [0.1, 0.15) is 45.4 Å². The molecule has 1 fully saturated rings. The van der Waals surface area contributed by atoms with E-state index in [4.69, 9.17) is 0 Å². The summed E-state index contributed by atoms with van der Waals surface area (Å²) in [5.74, 6) is 0. The molecule has 0 spiro atoms. The summed E-state index contributed by atoms with van der Waals surface area (Å²) in [6.45, 7) is 7.59. The van der Waals surface area contributed by atoms with E-state index in [2.05, 4.69) is 11.9 Å². The minimum Gasteiger partial charge on any atom is -0.389 e. The van der Waals surface area contributed by atoms with Crippen LogP contribution in [-0.4, -0.2) is 23.8 Å². The fourth-order valence-corrected chi connectivity index (χ4v) is 2.01. The highest BCUT2D eigenvalue weighted by atomic mass is 16.3. The van der Waals surface area contributed by atoms with Crippen LogP contribution in [0.3, 0.4) is 0 Å². The van der Waals surface area contributed by atoms with E-state index >= 15 is 0 Å². The lowest BCUT2D eigenvalue weighted by Gasteiger charge is -2.32. The summed E-state index contributed by atoms with van der Waals surface area (Å²) in [6.07, 6.45) is 6.58. The molecule has 0 amide bonds. The summed E-state index contributed by atoms with van der Waals surface area (Å²) in [5, 5.41) is 13.5. The topological polar surface area (TPSA) is 32.3 Å². The molecule has 0 aromatic rings. The van der Waals surface area contributed by atoms with Gasteiger partial charge in [0.05, 0.1) is 5.60 Å². The Balaban J connectivity index is 2.12. The zero-order valence-corrected chi connectivity index (χ0v) is 9.31. The van der Waals surface area contributed by atoms with Crippen LogP contribution in [-0.2, 0) is 0 Å². The van der Waals surface area contributed by atoms with E-state index in [0.29, 0.717) is 0 Å². The first-order valence-electron chi connectivity index (χ1n) is 5.70. The van der Waals surface area contributed by atoms with Gasteiger partial charge in [0.2, 0.25) is 0 Å². The second-order valence-corrected chi connectivity index (χ2v) is 4.67. The summed E-state index contributed by atoms with van der Waals surface area (Å²) in [4.78, 5) is 0. The summed E-state index contributed by atoms with van der Waals surface area (Å²) in [6, 6.07) is 0. The molecule has 14 heavy (non-hydrogen) atoms. The Bertz CT molecular complexity index is 183. The summed E-state index contributed by atoms with van der Waals surface area (Å²) in [7, 11) is 0. The normalized spacial score (nSPS) is 20.7. The standard InChI is InChI=1S/C12H23NO/c1-11(2)6-9-13-10-12(14)7-4-3-5-8-12/h13-14H,1,3-10H2,2H3. The molecule has 0 bridgehead atoms. The molecular weight excluding hydrogens is 174 g/mol. The first-order valence-corrected chi connectivity index (χ1v) is 5.70. The molecule has 0 aromatic carbocycles. The minimum absolute atomic E-state index is 0.423. The minimum atomic E-state index is -0.423. The van der Waals surface area contributed by atoms with Crippen molar-refractivity contribution in [2.24, 2.45) is 0 Å². The van der Waals surface area contributed by atoms with Gasteiger partial charge in [-0.3, -0.25) is 0 Å². The maximum atomic E-state index is 10.2. The molecule has 1 aliphatic carbocycles. The fourth-order valence-electron chi connectivity index (χ4n) is 2.01. The Morgan fingerprint density at radius 1 is 1.36 bits per heavy atom.